The largest absolute Gasteiger partial charge is 0.454 e. The van der Waals surface area contributed by atoms with E-state index < -0.39 is 5.91 Å². The summed E-state index contributed by atoms with van der Waals surface area (Å²) in [4.78, 5) is 16.5. The molecule has 7 heteroatoms. The van der Waals surface area contributed by atoms with Gasteiger partial charge in [-0.05, 0) is 23.6 Å². The molecular formula is C15H20N4O2S. The van der Waals surface area contributed by atoms with Crippen LogP contribution in [-0.4, -0.2) is 25.5 Å². The van der Waals surface area contributed by atoms with E-state index >= 15 is 0 Å². The number of hydrogen-bond acceptors (Lipinski definition) is 4. The van der Waals surface area contributed by atoms with Gasteiger partial charge in [-0.15, -0.1) is 11.3 Å². The molecule has 0 spiro atoms. The summed E-state index contributed by atoms with van der Waals surface area (Å²) in [6.07, 6.45) is 0. The van der Waals surface area contributed by atoms with E-state index in [1.807, 2.05) is 0 Å². The molecule has 2 aromatic heterocycles. The lowest BCUT2D eigenvalue weighted by Crippen LogP contribution is -2.38. The topological polar surface area (TPSA) is 92.6 Å². The fraction of sp³-hybridized carbons (Fsp3) is 0.333. The van der Waals surface area contributed by atoms with Crippen molar-refractivity contribution in [3.05, 3.63) is 46.0 Å². The summed E-state index contributed by atoms with van der Waals surface area (Å²) >= 11 is 1.75. The van der Waals surface area contributed by atoms with Gasteiger partial charge in [-0.1, -0.05) is 13.0 Å². The number of hydrogen-bond donors (Lipinski definition) is 3. The molecule has 22 heavy (non-hydrogen) atoms. The standard InChI is InChI=1S/C15H20N4O2S/c1-10(13-4-3-7-22-13)8-18-15(17-2)19-9-11-5-6-12(21-11)14(16)20/h3-7,10H,8-9H2,1-2H3,(H2,16,20)(H2,17,18,19). The number of rotatable bonds is 6. The molecule has 0 saturated heterocycles. The Hall–Kier alpha value is -2.28. The molecule has 118 valence electrons. The summed E-state index contributed by atoms with van der Waals surface area (Å²) < 4.78 is 5.31. The normalized spacial score (nSPS) is 12.9. The van der Waals surface area contributed by atoms with Crippen LogP contribution in [0.5, 0.6) is 0 Å². The molecule has 0 aliphatic heterocycles. The van der Waals surface area contributed by atoms with Crippen molar-refractivity contribution >= 4 is 23.2 Å². The van der Waals surface area contributed by atoms with Gasteiger partial charge in [-0.3, -0.25) is 9.79 Å². The fourth-order valence-corrected chi connectivity index (χ4v) is 2.71. The third-order valence-electron chi connectivity index (χ3n) is 3.16. The number of aliphatic imine (C=N–C) groups is 1. The number of furan rings is 1. The number of carbonyl (C=O) groups is 1. The minimum atomic E-state index is -0.571. The van der Waals surface area contributed by atoms with Crippen LogP contribution in [0.4, 0.5) is 0 Å². The van der Waals surface area contributed by atoms with Gasteiger partial charge < -0.3 is 20.8 Å². The zero-order valence-corrected chi connectivity index (χ0v) is 13.4. The molecule has 2 rings (SSSR count). The first-order valence-electron chi connectivity index (χ1n) is 6.96. The van der Waals surface area contributed by atoms with Crippen LogP contribution in [0, 0.1) is 0 Å². The maximum absolute atomic E-state index is 11.0. The zero-order valence-electron chi connectivity index (χ0n) is 12.6. The predicted molar refractivity (Wildman–Crippen MR) is 88.2 cm³/mol. The Balaban J connectivity index is 1.81. The lowest BCUT2D eigenvalue weighted by atomic mass is 10.1. The molecule has 0 radical (unpaired) electrons. The van der Waals surface area contributed by atoms with Gasteiger partial charge in [0.05, 0.1) is 6.54 Å². The number of nitrogens with zero attached hydrogens (tertiary/aromatic N) is 1. The van der Waals surface area contributed by atoms with Crippen molar-refractivity contribution in [3.63, 3.8) is 0 Å². The summed E-state index contributed by atoms with van der Waals surface area (Å²) in [6, 6.07) is 7.46. The Kier molecular flexibility index (Phi) is 5.60. The van der Waals surface area contributed by atoms with E-state index in [-0.39, 0.29) is 5.76 Å². The molecule has 0 saturated carbocycles. The van der Waals surface area contributed by atoms with Gasteiger partial charge in [-0.2, -0.15) is 0 Å². The van der Waals surface area contributed by atoms with Crippen molar-refractivity contribution in [2.24, 2.45) is 10.7 Å². The lowest BCUT2D eigenvalue weighted by molar-refractivity contribution is 0.0972. The number of primary amides is 1. The average Bonchev–Trinajstić information content (AvgIpc) is 3.18. The third kappa shape index (κ3) is 4.36. The molecule has 0 aromatic carbocycles. The predicted octanol–water partition coefficient (Wildman–Crippen LogP) is 1.91. The monoisotopic (exact) mass is 320 g/mol. The van der Waals surface area contributed by atoms with Crippen LogP contribution < -0.4 is 16.4 Å². The number of carbonyl (C=O) groups excluding carboxylic acids is 1. The maximum Gasteiger partial charge on any atom is 0.284 e. The van der Waals surface area contributed by atoms with Crippen LogP contribution >= 0.6 is 11.3 Å². The molecular weight excluding hydrogens is 300 g/mol. The van der Waals surface area contributed by atoms with Crippen LogP contribution in [0.1, 0.15) is 34.0 Å². The van der Waals surface area contributed by atoms with Crippen LogP contribution in [0.15, 0.2) is 39.1 Å². The van der Waals surface area contributed by atoms with Gasteiger partial charge in [0.1, 0.15) is 5.76 Å². The molecule has 1 atom stereocenters. The van der Waals surface area contributed by atoms with E-state index in [0.717, 1.165) is 6.54 Å². The molecule has 0 aliphatic carbocycles. The molecule has 4 N–H and O–H groups in total. The second-order valence-corrected chi connectivity index (χ2v) is 5.83. The number of nitrogens with one attached hydrogen (secondary N) is 2. The highest BCUT2D eigenvalue weighted by Gasteiger charge is 2.09. The van der Waals surface area contributed by atoms with Crippen molar-refractivity contribution in [2.45, 2.75) is 19.4 Å². The average molecular weight is 320 g/mol. The van der Waals surface area contributed by atoms with Crippen molar-refractivity contribution < 1.29 is 9.21 Å². The van der Waals surface area contributed by atoms with E-state index in [4.69, 9.17) is 10.2 Å². The summed E-state index contributed by atoms with van der Waals surface area (Å²) in [6.45, 7) is 3.38. The Morgan fingerprint density at radius 2 is 2.23 bits per heavy atom. The minimum Gasteiger partial charge on any atom is -0.454 e. The highest BCUT2D eigenvalue weighted by Crippen LogP contribution is 2.19. The van der Waals surface area contributed by atoms with Crippen LogP contribution in [-0.2, 0) is 6.54 Å². The van der Waals surface area contributed by atoms with Crippen LogP contribution in [0.25, 0.3) is 0 Å². The Bertz CT molecular complexity index is 634. The third-order valence-corrected chi connectivity index (χ3v) is 4.27. The second-order valence-electron chi connectivity index (χ2n) is 4.85. The summed E-state index contributed by atoms with van der Waals surface area (Å²) in [5.74, 6) is 1.30. The highest BCUT2D eigenvalue weighted by molar-refractivity contribution is 7.10. The van der Waals surface area contributed by atoms with Gasteiger partial charge in [0, 0.05) is 24.4 Å². The first kappa shape index (κ1) is 16.1. The fourth-order valence-electron chi connectivity index (χ4n) is 1.92. The van der Waals surface area contributed by atoms with Crippen LogP contribution in [0.3, 0.4) is 0 Å². The van der Waals surface area contributed by atoms with E-state index in [9.17, 15) is 4.79 Å². The smallest absolute Gasteiger partial charge is 0.284 e. The molecule has 1 amide bonds. The first-order valence-corrected chi connectivity index (χ1v) is 7.84. The molecule has 1 unspecified atom stereocenters. The lowest BCUT2D eigenvalue weighted by Gasteiger charge is -2.14. The Labute approximate surface area is 133 Å². The summed E-state index contributed by atoms with van der Waals surface area (Å²) in [7, 11) is 1.71. The van der Waals surface area contributed by atoms with Crippen LogP contribution in [0.2, 0.25) is 0 Å². The number of thiophene rings is 1. The Morgan fingerprint density at radius 1 is 1.41 bits per heavy atom. The van der Waals surface area contributed by atoms with E-state index in [0.29, 0.717) is 24.2 Å². The Morgan fingerprint density at radius 3 is 2.82 bits per heavy atom. The number of nitrogens with two attached hydrogens (primary N) is 1. The van der Waals surface area contributed by atoms with Gasteiger partial charge in [-0.25, -0.2) is 0 Å². The summed E-state index contributed by atoms with van der Waals surface area (Å²) in [5, 5.41) is 8.48. The van der Waals surface area contributed by atoms with E-state index in [1.54, 1.807) is 30.5 Å². The molecule has 0 aliphatic rings. The second kappa shape index (κ2) is 7.65. The van der Waals surface area contributed by atoms with Gasteiger partial charge in [0.2, 0.25) is 0 Å². The summed E-state index contributed by atoms with van der Waals surface area (Å²) in [5.41, 5.74) is 5.15. The molecule has 2 aromatic rings. The van der Waals surface area contributed by atoms with Crippen molar-refractivity contribution in [3.8, 4) is 0 Å². The SMILES string of the molecule is CN=C(NCc1ccc(C(N)=O)o1)NCC(C)c1cccs1. The van der Waals surface area contributed by atoms with Gasteiger partial charge in [0.25, 0.3) is 5.91 Å². The van der Waals surface area contributed by atoms with Gasteiger partial charge in [0.15, 0.2) is 11.7 Å². The molecule has 0 fully saturated rings. The number of guanidine groups is 1. The molecule has 0 bridgehead atoms. The van der Waals surface area contributed by atoms with Crippen molar-refractivity contribution in [1.29, 1.82) is 0 Å². The minimum absolute atomic E-state index is 0.158. The quantitative estimate of drug-likeness (QED) is 0.560. The first-order chi connectivity index (χ1) is 10.6. The zero-order chi connectivity index (χ0) is 15.9. The maximum atomic E-state index is 11.0. The van der Waals surface area contributed by atoms with Crippen molar-refractivity contribution in [1.82, 2.24) is 10.6 Å². The molecule has 2 heterocycles. The molecule has 6 nitrogen and oxygen atoms in total. The van der Waals surface area contributed by atoms with Crippen molar-refractivity contribution in [2.75, 3.05) is 13.6 Å². The van der Waals surface area contributed by atoms with E-state index in [1.165, 1.54) is 4.88 Å². The van der Waals surface area contributed by atoms with E-state index in [2.05, 4.69) is 40.1 Å². The van der Waals surface area contributed by atoms with Gasteiger partial charge >= 0.3 is 0 Å². The highest BCUT2D eigenvalue weighted by atomic mass is 32.1. The number of amides is 1.